The number of amides is 1. The SMILES string of the molecule is CC(C)N1CCC(NC(=O)Cn2cc(-c3ccc(N)nc3)nn2)CC1. The summed E-state index contributed by atoms with van der Waals surface area (Å²) in [6.07, 6.45) is 5.37. The summed E-state index contributed by atoms with van der Waals surface area (Å²) >= 11 is 0. The first kappa shape index (κ1) is 17.3. The number of nitrogen functional groups attached to an aromatic ring is 1. The van der Waals surface area contributed by atoms with Gasteiger partial charge in [0.15, 0.2) is 0 Å². The molecule has 3 N–H and O–H groups in total. The van der Waals surface area contributed by atoms with Gasteiger partial charge in [-0.25, -0.2) is 9.67 Å². The quantitative estimate of drug-likeness (QED) is 0.837. The Labute approximate surface area is 147 Å². The van der Waals surface area contributed by atoms with Crippen molar-refractivity contribution in [2.24, 2.45) is 0 Å². The van der Waals surface area contributed by atoms with Gasteiger partial charge in [0.2, 0.25) is 5.91 Å². The normalized spacial score (nSPS) is 16.3. The van der Waals surface area contributed by atoms with Gasteiger partial charge in [-0.1, -0.05) is 5.21 Å². The molecule has 0 aliphatic carbocycles. The molecule has 1 aliphatic heterocycles. The first-order chi connectivity index (χ1) is 12.0. The standard InChI is InChI=1S/C17H25N7O/c1-12(2)23-7-5-14(6-8-23)20-17(25)11-24-10-15(21-22-24)13-3-4-16(18)19-9-13/h3-4,9-10,12,14H,5-8,11H2,1-2H3,(H2,18,19)(H,20,25). The second-order valence-corrected chi connectivity index (χ2v) is 6.74. The minimum absolute atomic E-state index is 0.0325. The highest BCUT2D eigenvalue weighted by Crippen LogP contribution is 2.16. The van der Waals surface area contributed by atoms with Crippen molar-refractivity contribution < 1.29 is 4.79 Å². The van der Waals surface area contributed by atoms with Crippen LogP contribution in [0.3, 0.4) is 0 Å². The lowest BCUT2D eigenvalue weighted by Crippen LogP contribution is -2.47. The van der Waals surface area contributed by atoms with E-state index >= 15 is 0 Å². The van der Waals surface area contributed by atoms with E-state index in [2.05, 4.69) is 39.4 Å². The molecule has 1 saturated heterocycles. The predicted octanol–water partition coefficient (Wildman–Crippen LogP) is 0.911. The Morgan fingerprint density at radius 2 is 2.12 bits per heavy atom. The number of hydrogen-bond donors (Lipinski definition) is 2. The lowest BCUT2D eigenvalue weighted by atomic mass is 10.0. The van der Waals surface area contributed by atoms with Gasteiger partial charge in [0.25, 0.3) is 0 Å². The van der Waals surface area contributed by atoms with Gasteiger partial charge in [-0.15, -0.1) is 5.10 Å². The number of rotatable bonds is 5. The second kappa shape index (κ2) is 7.60. The maximum Gasteiger partial charge on any atom is 0.242 e. The van der Waals surface area contributed by atoms with Crippen molar-refractivity contribution in [3.05, 3.63) is 24.5 Å². The number of hydrogen-bond acceptors (Lipinski definition) is 6. The lowest BCUT2D eigenvalue weighted by molar-refractivity contribution is -0.122. The minimum Gasteiger partial charge on any atom is -0.384 e. The molecule has 1 amide bonds. The molecule has 0 atom stereocenters. The van der Waals surface area contributed by atoms with Gasteiger partial charge in [-0.3, -0.25) is 4.79 Å². The van der Waals surface area contributed by atoms with E-state index in [-0.39, 0.29) is 18.5 Å². The lowest BCUT2D eigenvalue weighted by Gasteiger charge is -2.34. The molecule has 2 aromatic rings. The number of pyridine rings is 1. The highest BCUT2D eigenvalue weighted by molar-refractivity contribution is 5.76. The van der Waals surface area contributed by atoms with E-state index in [0.717, 1.165) is 31.5 Å². The van der Waals surface area contributed by atoms with Crippen LogP contribution < -0.4 is 11.1 Å². The molecule has 8 heteroatoms. The average molecular weight is 343 g/mol. The zero-order chi connectivity index (χ0) is 17.8. The van der Waals surface area contributed by atoms with Gasteiger partial charge < -0.3 is 16.0 Å². The Kier molecular flexibility index (Phi) is 5.28. The Hall–Kier alpha value is -2.48. The number of nitrogens with one attached hydrogen (secondary N) is 1. The molecule has 0 radical (unpaired) electrons. The highest BCUT2D eigenvalue weighted by Gasteiger charge is 2.22. The van der Waals surface area contributed by atoms with Crippen molar-refractivity contribution in [1.82, 2.24) is 30.2 Å². The fourth-order valence-electron chi connectivity index (χ4n) is 3.05. The summed E-state index contributed by atoms with van der Waals surface area (Å²) in [5.41, 5.74) is 7.07. The number of nitrogens with two attached hydrogens (primary N) is 1. The Morgan fingerprint density at radius 1 is 1.36 bits per heavy atom. The summed E-state index contributed by atoms with van der Waals surface area (Å²) in [4.78, 5) is 18.7. The van der Waals surface area contributed by atoms with Crippen LogP contribution in [0.4, 0.5) is 5.82 Å². The molecule has 3 rings (SSSR count). The summed E-state index contributed by atoms with van der Waals surface area (Å²) in [7, 11) is 0. The van der Waals surface area contributed by atoms with Gasteiger partial charge in [0.1, 0.15) is 18.1 Å². The van der Waals surface area contributed by atoms with Crippen molar-refractivity contribution in [2.75, 3.05) is 18.8 Å². The number of likely N-dealkylation sites (tertiary alicyclic amines) is 1. The average Bonchev–Trinajstić information content (AvgIpc) is 3.04. The van der Waals surface area contributed by atoms with Gasteiger partial charge in [-0.2, -0.15) is 0 Å². The number of piperidine rings is 1. The van der Waals surface area contributed by atoms with Crippen LogP contribution in [0.25, 0.3) is 11.3 Å². The smallest absolute Gasteiger partial charge is 0.242 e. The van der Waals surface area contributed by atoms with Crippen molar-refractivity contribution in [3.63, 3.8) is 0 Å². The highest BCUT2D eigenvalue weighted by atomic mass is 16.2. The van der Waals surface area contributed by atoms with Crippen LogP contribution in [0.5, 0.6) is 0 Å². The first-order valence-corrected chi connectivity index (χ1v) is 8.66. The summed E-state index contributed by atoms with van der Waals surface area (Å²) in [5.74, 6) is 0.425. The van der Waals surface area contributed by atoms with E-state index in [1.165, 1.54) is 0 Å². The maximum atomic E-state index is 12.2. The van der Waals surface area contributed by atoms with Gasteiger partial charge in [0, 0.05) is 36.9 Å². The monoisotopic (exact) mass is 343 g/mol. The van der Waals surface area contributed by atoms with Crippen LogP contribution in [-0.4, -0.2) is 56.0 Å². The third kappa shape index (κ3) is 4.54. The van der Waals surface area contributed by atoms with Crippen LogP contribution in [0.2, 0.25) is 0 Å². The summed E-state index contributed by atoms with van der Waals surface area (Å²) < 4.78 is 1.55. The molecule has 0 saturated carbocycles. The summed E-state index contributed by atoms with van der Waals surface area (Å²) in [6.45, 7) is 6.63. The van der Waals surface area contributed by atoms with E-state index < -0.39 is 0 Å². The van der Waals surface area contributed by atoms with Crippen LogP contribution in [-0.2, 0) is 11.3 Å². The third-order valence-electron chi connectivity index (χ3n) is 4.55. The topological polar surface area (TPSA) is 102 Å². The first-order valence-electron chi connectivity index (χ1n) is 8.66. The molecule has 0 unspecified atom stereocenters. The van der Waals surface area contributed by atoms with Gasteiger partial charge in [-0.05, 0) is 38.8 Å². The van der Waals surface area contributed by atoms with E-state index in [1.54, 1.807) is 23.1 Å². The Balaban J connectivity index is 1.51. The van der Waals surface area contributed by atoms with Crippen molar-refractivity contribution in [2.45, 2.75) is 45.3 Å². The Morgan fingerprint density at radius 3 is 2.76 bits per heavy atom. The van der Waals surface area contributed by atoms with E-state index in [1.807, 2.05) is 6.07 Å². The van der Waals surface area contributed by atoms with Crippen LogP contribution in [0, 0.1) is 0 Å². The number of carbonyl (C=O) groups excluding carboxylic acids is 1. The molecule has 8 nitrogen and oxygen atoms in total. The zero-order valence-corrected chi connectivity index (χ0v) is 14.7. The molecule has 0 aromatic carbocycles. The molecular weight excluding hydrogens is 318 g/mol. The molecule has 25 heavy (non-hydrogen) atoms. The van der Waals surface area contributed by atoms with Crippen LogP contribution >= 0.6 is 0 Å². The molecule has 2 aromatic heterocycles. The molecule has 0 bridgehead atoms. The minimum atomic E-state index is -0.0325. The number of carbonyl (C=O) groups is 1. The molecule has 3 heterocycles. The van der Waals surface area contributed by atoms with E-state index in [9.17, 15) is 4.79 Å². The second-order valence-electron chi connectivity index (χ2n) is 6.74. The summed E-state index contributed by atoms with van der Waals surface area (Å²) in [5, 5.41) is 11.2. The fraction of sp³-hybridized carbons (Fsp3) is 0.529. The van der Waals surface area contributed by atoms with Gasteiger partial charge in [0.05, 0.1) is 6.20 Å². The van der Waals surface area contributed by atoms with Crippen LogP contribution in [0.1, 0.15) is 26.7 Å². The molecule has 1 fully saturated rings. The van der Waals surface area contributed by atoms with Crippen molar-refractivity contribution in [1.29, 1.82) is 0 Å². The zero-order valence-electron chi connectivity index (χ0n) is 14.7. The largest absolute Gasteiger partial charge is 0.384 e. The summed E-state index contributed by atoms with van der Waals surface area (Å²) in [6, 6.07) is 4.35. The molecular formula is C17H25N7O. The molecule has 134 valence electrons. The molecule has 1 aliphatic rings. The molecule has 0 spiro atoms. The number of nitrogens with zero attached hydrogens (tertiary/aromatic N) is 5. The Bertz CT molecular complexity index is 702. The van der Waals surface area contributed by atoms with Gasteiger partial charge >= 0.3 is 0 Å². The number of anilines is 1. The van der Waals surface area contributed by atoms with Crippen LogP contribution in [0.15, 0.2) is 24.5 Å². The third-order valence-corrected chi connectivity index (χ3v) is 4.55. The van der Waals surface area contributed by atoms with E-state index in [0.29, 0.717) is 17.6 Å². The van der Waals surface area contributed by atoms with E-state index in [4.69, 9.17) is 5.73 Å². The number of aromatic nitrogens is 4. The fourth-order valence-corrected chi connectivity index (χ4v) is 3.05. The van der Waals surface area contributed by atoms with Crippen molar-refractivity contribution in [3.8, 4) is 11.3 Å². The van der Waals surface area contributed by atoms with Crippen molar-refractivity contribution >= 4 is 11.7 Å². The maximum absolute atomic E-state index is 12.2. The predicted molar refractivity (Wildman–Crippen MR) is 95.5 cm³/mol.